The Morgan fingerprint density at radius 2 is 1.81 bits per heavy atom. The van der Waals surface area contributed by atoms with E-state index in [0.29, 0.717) is 25.5 Å². The van der Waals surface area contributed by atoms with Gasteiger partial charge in [0.1, 0.15) is 19.0 Å². The Morgan fingerprint density at radius 1 is 0.963 bits per heavy atom. The lowest BCUT2D eigenvalue weighted by Gasteiger charge is -2.29. The predicted octanol–water partition coefficient (Wildman–Crippen LogP) is 2.52. The molecule has 138 valence electrons. The van der Waals surface area contributed by atoms with Crippen molar-refractivity contribution in [1.82, 2.24) is 14.8 Å². The molecule has 1 aromatic heterocycles. The fourth-order valence-electron chi connectivity index (χ4n) is 3.74. The molecule has 0 aliphatic carbocycles. The minimum atomic E-state index is 0.297. The molecule has 2 aliphatic heterocycles. The molecule has 7 nitrogen and oxygen atoms in total. The summed E-state index contributed by atoms with van der Waals surface area (Å²) in [6.45, 7) is 2.70. The normalized spacial score (nSPS) is 15.5. The summed E-state index contributed by atoms with van der Waals surface area (Å²) >= 11 is 0. The predicted molar refractivity (Wildman–Crippen MR) is 100 cm³/mol. The lowest BCUT2D eigenvalue weighted by molar-refractivity contribution is 0.171. The van der Waals surface area contributed by atoms with Crippen molar-refractivity contribution in [3.63, 3.8) is 0 Å². The second kappa shape index (κ2) is 6.19. The highest BCUT2D eigenvalue weighted by atomic mass is 16.6. The zero-order valence-corrected chi connectivity index (χ0v) is 15.1. The first-order chi connectivity index (χ1) is 13.2. The fraction of sp³-hybridized carbons (Fsp3) is 0.300. The molecule has 2 aromatic carbocycles. The summed E-state index contributed by atoms with van der Waals surface area (Å²) in [6, 6.07) is 11.4. The number of anilines is 1. The number of hydrogen-bond acceptors (Lipinski definition) is 6. The van der Waals surface area contributed by atoms with Crippen LogP contribution in [0.3, 0.4) is 0 Å². The first-order valence-electron chi connectivity index (χ1n) is 9.04. The van der Waals surface area contributed by atoms with Gasteiger partial charge in [-0.2, -0.15) is 0 Å². The third-order valence-corrected chi connectivity index (χ3v) is 5.14. The van der Waals surface area contributed by atoms with E-state index in [1.54, 1.807) is 6.07 Å². The average molecular weight is 364 g/mol. The van der Waals surface area contributed by atoms with Crippen LogP contribution in [0.2, 0.25) is 0 Å². The van der Waals surface area contributed by atoms with Crippen molar-refractivity contribution in [3.8, 4) is 28.6 Å². The topological polar surface area (TPSA) is 72.6 Å². The molecule has 2 aliphatic rings. The van der Waals surface area contributed by atoms with E-state index in [1.807, 2.05) is 41.9 Å². The van der Waals surface area contributed by atoms with Crippen LogP contribution in [0.5, 0.6) is 17.2 Å². The van der Waals surface area contributed by atoms with E-state index >= 15 is 0 Å². The van der Waals surface area contributed by atoms with Gasteiger partial charge in [0.05, 0.1) is 0 Å². The zero-order valence-electron chi connectivity index (χ0n) is 15.1. The lowest BCUT2D eigenvalue weighted by Crippen LogP contribution is -2.32. The Balaban J connectivity index is 1.46. The molecular formula is C20H20N4O3. The maximum absolute atomic E-state index is 9.78. The fourth-order valence-corrected chi connectivity index (χ4v) is 3.74. The van der Waals surface area contributed by atoms with Crippen LogP contribution in [0.1, 0.15) is 11.1 Å². The van der Waals surface area contributed by atoms with E-state index in [-0.39, 0.29) is 0 Å². The molecular weight excluding hydrogens is 344 g/mol. The number of aromatic nitrogens is 3. The van der Waals surface area contributed by atoms with Gasteiger partial charge >= 0.3 is 0 Å². The highest BCUT2D eigenvalue weighted by Crippen LogP contribution is 2.35. The summed E-state index contributed by atoms with van der Waals surface area (Å²) in [6.07, 6.45) is 0.918. The molecule has 7 heteroatoms. The van der Waals surface area contributed by atoms with Crippen LogP contribution < -0.4 is 14.4 Å². The summed E-state index contributed by atoms with van der Waals surface area (Å²) in [7, 11) is 1.97. The van der Waals surface area contributed by atoms with Crippen LogP contribution in [-0.2, 0) is 20.0 Å². The molecule has 5 rings (SSSR count). The number of aromatic hydroxyl groups is 1. The highest BCUT2D eigenvalue weighted by Gasteiger charge is 2.23. The highest BCUT2D eigenvalue weighted by molar-refractivity contribution is 5.63. The van der Waals surface area contributed by atoms with Crippen LogP contribution >= 0.6 is 0 Å². The Labute approximate surface area is 156 Å². The van der Waals surface area contributed by atoms with Crippen molar-refractivity contribution in [2.45, 2.75) is 13.0 Å². The Bertz CT molecular complexity index is 1010. The van der Waals surface area contributed by atoms with Crippen LogP contribution in [0.25, 0.3) is 11.4 Å². The number of rotatable bonds is 2. The van der Waals surface area contributed by atoms with Gasteiger partial charge in [0.15, 0.2) is 17.3 Å². The smallest absolute Gasteiger partial charge is 0.227 e. The van der Waals surface area contributed by atoms with Crippen LogP contribution in [0, 0.1) is 0 Å². The van der Waals surface area contributed by atoms with Gasteiger partial charge in [-0.05, 0) is 47.9 Å². The van der Waals surface area contributed by atoms with Crippen molar-refractivity contribution in [2.24, 2.45) is 7.05 Å². The minimum Gasteiger partial charge on any atom is -0.508 e. The number of benzene rings is 2. The first-order valence-corrected chi connectivity index (χ1v) is 9.04. The second-order valence-corrected chi connectivity index (χ2v) is 6.87. The standard InChI is InChI=1S/C20H20N4O3/c1-23-19(14-3-5-17-18(11-14)27-9-8-26-17)21-22-20(23)24-7-6-13-2-4-16(25)10-15(13)12-24/h2-5,10-11,25H,6-9,12H2,1H3. The molecule has 0 atom stereocenters. The summed E-state index contributed by atoms with van der Waals surface area (Å²) in [5, 5.41) is 18.6. The quantitative estimate of drug-likeness (QED) is 0.753. The van der Waals surface area contributed by atoms with Crippen molar-refractivity contribution < 1.29 is 14.6 Å². The largest absolute Gasteiger partial charge is 0.508 e. The first kappa shape index (κ1) is 16.0. The third kappa shape index (κ3) is 2.75. The molecule has 1 N–H and O–H groups in total. The van der Waals surface area contributed by atoms with Crippen LogP contribution in [0.4, 0.5) is 5.95 Å². The van der Waals surface area contributed by atoms with E-state index in [2.05, 4.69) is 15.1 Å². The Morgan fingerprint density at radius 3 is 2.70 bits per heavy atom. The van der Waals surface area contributed by atoms with E-state index in [1.165, 1.54) is 5.56 Å². The number of ether oxygens (including phenoxy) is 2. The van der Waals surface area contributed by atoms with Crippen molar-refractivity contribution in [3.05, 3.63) is 47.5 Å². The number of phenolic OH excluding ortho intramolecular Hbond substituents is 1. The SMILES string of the molecule is Cn1c(-c2ccc3c(c2)OCCO3)nnc1N1CCc2ccc(O)cc2C1. The molecule has 0 saturated heterocycles. The third-order valence-electron chi connectivity index (χ3n) is 5.14. The minimum absolute atomic E-state index is 0.297. The Kier molecular flexibility index (Phi) is 3.67. The molecule has 0 amide bonds. The van der Waals surface area contributed by atoms with E-state index in [9.17, 15) is 5.11 Å². The molecule has 0 fully saturated rings. The van der Waals surface area contributed by atoms with Gasteiger partial charge < -0.3 is 19.5 Å². The van der Waals surface area contributed by atoms with Crippen molar-refractivity contribution >= 4 is 5.95 Å². The summed E-state index contributed by atoms with van der Waals surface area (Å²) in [5.41, 5.74) is 3.35. The van der Waals surface area contributed by atoms with E-state index < -0.39 is 0 Å². The van der Waals surface area contributed by atoms with Gasteiger partial charge in [-0.3, -0.25) is 4.57 Å². The number of nitrogens with zero attached hydrogens (tertiary/aromatic N) is 4. The van der Waals surface area contributed by atoms with Gasteiger partial charge in [0.25, 0.3) is 0 Å². The average Bonchev–Trinajstić information content (AvgIpc) is 3.08. The Hall–Kier alpha value is -3.22. The molecule has 0 spiro atoms. The number of hydrogen-bond donors (Lipinski definition) is 1. The van der Waals surface area contributed by atoms with Crippen LogP contribution in [0.15, 0.2) is 36.4 Å². The molecule has 0 bridgehead atoms. The molecule has 3 aromatic rings. The van der Waals surface area contributed by atoms with Gasteiger partial charge in [0, 0.05) is 25.7 Å². The molecule has 3 heterocycles. The summed E-state index contributed by atoms with van der Waals surface area (Å²) < 4.78 is 13.3. The number of fused-ring (bicyclic) bond motifs is 2. The van der Waals surface area contributed by atoms with Crippen LogP contribution in [-0.4, -0.2) is 39.6 Å². The molecule has 0 unspecified atom stereocenters. The van der Waals surface area contributed by atoms with Crippen molar-refractivity contribution in [1.29, 1.82) is 0 Å². The summed E-state index contributed by atoms with van der Waals surface area (Å²) in [4.78, 5) is 2.19. The van der Waals surface area contributed by atoms with Gasteiger partial charge in [-0.15, -0.1) is 10.2 Å². The number of phenols is 1. The van der Waals surface area contributed by atoms with Crippen molar-refractivity contribution in [2.75, 3.05) is 24.7 Å². The maximum atomic E-state index is 9.78. The second-order valence-electron chi connectivity index (χ2n) is 6.87. The summed E-state index contributed by atoms with van der Waals surface area (Å²) in [5.74, 6) is 3.40. The lowest BCUT2D eigenvalue weighted by atomic mass is 10.00. The molecule has 0 radical (unpaired) electrons. The molecule has 27 heavy (non-hydrogen) atoms. The molecule has 0 saturated carbocycles. The zero-order chi connectivity index (χ0) is 18.4. The van der Waals surface area contributed by atoms with Gasteiger partial charge in [0.2, 0.25) is 5.95 Å². The van der Waals surface area contributed by atoms with Gasteiger partial charge in [-0.25, -0.2) is 0 Å². The van der Waals surface area contributed by atoms with Gasteiger partial charge in [-0.1, -0.05) is 6.07 Å². The van der Waals surface area contributed by atoms with E-state index in [4.69, 9.17) is 9.47 Å². The van der Waals surface area contributed by atoms with E-state index in [0.717, 1.165) is 47.4 Å². The monoisotopic (exact) mass is 364 g/mol. The maximum Gasteiger partial charge on any atom is 0.227 e.